The molecule has 0 spiro atoms. The Balaban J connectivity index is 2.49. The molecule has 0 aliphatic heterocycles. The number of nitrogens with zero attached hydrogens (tertiary/aromatic N) is 2. The van der Waals surface area contributed by atoms with Gasteiger partial charge in [-0.2, -0.15) is 0 Å². The van der Waals surface area contributed by atoms with Gasteiger partial charge < -0.3 is 24.6 Å². The first-order valence-corrected chi connectivity index (χ1v) is 24.1. The van der Waals surface area contributed by atoms with Gasteiger partial charge in [-0.3, -0.25) is 19.2 Å². The molecule has 0 aliphatic rings. The largest absolute Gasteiger partial charge is 0.466 e. The van der Waals surface area contributed by atoms with E-state index < -0.39 is 5.43 Å². The maximum absolute atomic E-state index is 12.9. The summed E-state index contributed by atoms with van der Waals surface area (Å²) in [6, 6.07) is 0. The van der Waals surface area contributed by atoms with Gasteiger partial charge in [-0.15, -0.1) is 0 Å². The SMILES string of the molecule is CCCCCCCCC(CCCCCCCC)OC(=O)CCCCCCCN(CCCCCCCC(=O)OCCCCCCC)c1c(NCCN(C)C)c(=O)c1=O. The molecule has 1 aromatic rings. The summed E-state index contributed by atoms with van der Waals surface area (Å²) in [5.41, 5.74) is 0.233. The summed E-state index contributed by atoms with van der Waals surface area (Å²) in [5, 5.41) is 3.24. The molecular weight excluding hydrogens is 715 g/mol. The molecule has 0 heterocycles. The van der Waals surface area contributed by atoms with E-state index in [9.17, 15) is 19.2 Å². The van der Waals surface area contributed by atoms with Gasteiger partial charge in [0.15, 0.2) is 0 Å². The van der Waals surface area contributed by atoms with Crippen molar-refractivity contribution in [3.8, 4) is 0 Å². The number of anilines is 2. The highest BCUT2D eigenvalue weighted by Crippen LogP contribution is 2.23. The number of unbranched alkanes of at least 4 members (excludes halogenated alkanes) is 22. The average Bonchev–Trinajstić information content (AvgIpc) is 3.19. The Hall–Kier alpha value is -2.42. The van der Waals surface area contributed by atoms with Gasteiger partial charge in [0.1, 0.15) is 17.5 Å². The van der Waals surface area contributed by atoms with E-state index in [1.54, 1.807) is 0 Å². The molecule has 9 nitrogen and oxygen atoms in total. The summed E-state index contributed by atoms with van der Waals surface area (Å²) >= 11 is 0. The molecule has 0 bridgehead atoms. The van der Waals surface area contributed by atoms with Gasteiger partial charge in [0.05, 0.1) is 6.61 Å². The highest BCUT2D eigenvalue weighted by molar-refractivity contribution is 5.75. The highest BCUT2D eigenvalue weighted by Gasteiger charge is 2.25. The van der Waals surface area contributed by atoms with Crippen LogP contribution >= 0.6 is 0 Å². The molecule has 0 saturated heterocycles. The molecule has 0 unspecified atom stereocenters. The van der Waals surface area contributed by atoms with Crippen LogP contribution in [0.4, 0.5) is 11.4 Å². The topological polar surface area (TPSA) is 105 Å². The van der Waals surface area contributed by atoms with E-state index in [1.807, 2.05) is 14.1 Å². The summed E-state index contributed by atoms with van der Waals surface area (Å²) in [7, 11) is 3.98. The lowest BCUT2D eigenvalue weighted by molar-refractivity contribution is -0.150. The lowest BCUT2D eigenvalue weighted by Crippen LogP contribution is -2.44. The zero-order valence-electron chi connectivity index (χ0n) is 37.9. The van der Waals surface area contributed by atoms with Crippen molar-refractivity contribution in [3.63, 3.8) is 0 Å². The predicted molar refractivity (Wildman–Crippen MR) is 242 cm³/mol. The van der Waals surface area contributed by atoms with E-state index in [0.29, 0.717) is 37.4 Å². The van der Waals surface area contributed by atoms with Gasteiger partial charge in [-0.1, -0.05) is 149 Å². The van der Waals surface area contributed by atoms with Crippen molar-refractivity contribution in [1.82, 2.24) is 4.90 Å². The molecule has 0 amide bonds. The van der Waals surface area contributed by atoms with Crippen LogP contribution in [0.15, 0.2) is 9.59 Å². The molecule has 0 radical (unpaired) electrons. The third kappa shape index (κ3) is 27.8. The number of carbonyl (C=O) groups excluding carboxylic acids is 2. The molecule has 0 fully saturated rings. The first kappa shape index (κ1) is 52.6. The highest BCUT2D eigenvalue weighted by atomic mass is 16.5. The fourth-order valence-corrected chi connectivity index (χ4v) is 7.57. The zero-order chi connectivity index (χ0) is 41.8. The standard InChI is InChI=1S/C48H89N3O6/c1-6-9-12-15-19-26-33-42(34-27-20-16-13-10-7-2)57-44(53)36-29-22-18-24-31-39-51(46-45(47(54)48(46)55)49-37-40-50(4)5)38-30-23-17-21-28-35-43(52)56-41-32-25-14-11-8-3/h42,49H,6-41H2,1-5H3. The van der Waals surface area contributed by atoms with Crippen LogP contribution in [0, 0.1) is 0 Å². The van der Waals surface area contributed by atoms with Gasteiger partial charge in [-0.05, 0) is 71.9 Å². The fourth-order valence-electron chi connectivity index (χ4n) is 7.57. The molecule has 1 N–H and O–H groups in total. The fraction of sp³-hybridized carbons (Fsp3) is 0.875. The number of carbonyl (C=O) groups is 2. The van der Waals surface area contributed by atoms with Gasteiger partial charge in [0, 0.05) is 39.0 Å². The number of ether oxygens (including phenoxy) is 2. The Morgan fingerprint density at radius 3 is 1.47 bits per heavy atom. The lowest BCUT2D eigenvalue weighted by Gasteiger charge is -2.28. The van der Waals surface area contributed by atoms with E-state index in [1.165, 1.54) is 83.5 Å². The summed E-state index contributed by atoms with van der Waals surface area (Å²) in [6.07, 6.45) is 33.4. The van der Waals surface area contributed by atoms with Crippen molar-refractivity contribution in [2.75, 3.05) is 57.1 Å². The van der Waals surface area contributed by atoms with Crippen molar-refractivity contribution in [2.45, 2.75) is 226 Å². The lowest BCUT2D eigenvalue weighted by atomic mass is 10.0. The van der Waals surface area contributed by atoms with Crippen molar-refractivity contribution >= 4 is 23.3 Å². The van der Waals surface area contributed by atoms with Gasteiger partial charge in [-0.25, -0.2) is 0 Å². The van der Waals surface area contributed by atoms with Crippen LogP contribution in [0.3, 0.4) is 0 Å². The normalized spacial score (nSPS) is 11.6. The first-order valence-electron chi connectivity index (χ1n) is 24.1. The van der Waals surface area contributed by atoms with E-state index in [-0.39, 0.29) is 23.5 Å². The molecule has 0 atom stereocenters. The van der Waals surface area contributed by atoms with E-state index >= 15 is 0 Å². The second-order valence-electron chi connectivity index (χ2n) is 17.0. The van der Waals surface area contributed by atoms with Crippen LogP contribution < -0.4 is 21.1 Å². The van der Waals surface area contributed by atoms with Gasteiger partial charge in [0.2, 0.25) is 0 Å². The number of rotatable bonds is 42. The molecule has 57 heavy (non-hydrogen) atoms. The molecule has 9 heteroatoms. The van der Waals surface area contributed by atoms with Crippen LogP contribution in [0.25, 0.3) is 0 Å². The minimum absolute atomic E-state index is 0.0364. The molecular formula is C48H89N3O6. The summed E-state index contributed by atoms with van der Waals surface area (Å²) < 4.78 is 11.4. The number of nitrogens with one attached hydrogen (secondary N) is 1. The quantitative estimate of drug-likeness (QED) is 0.0393. The maximum Gasteiger partial charge on any atom is 0.306 e. The third-order valence-electron chi connectivity index (χ3n) is 11.2. The Bertz CT molecular complexity index is 1160. The molecule has 0 aliphatic carbocycles. The maximum atomic E-state index is 12.9. The van der Waals surface area contributed by atoms with Gasteiger partial charge >= 0.3 is 11.9 Å². The predicted octanol–water partition coefficient (Wildman–Crippen LogP) is 11.7. The first-order chi connectivity index (χ1) is 27.7. The molecule has 1 rings (SSSR count). The molecule has 0 aromatic heterocycles. The number of hydrogen-bond donors (Lipinski definition) is 1. The second-order valence-corrected chi connectivity index (χ2v) is 17.0. The van der Waals surface area contributed by atoms with Crippen LogP contribution in [0.5, 0.6) is 0 Å². The van der Waals surface area contributed by atoms with Crippen LogP contribution in [-0.4, -0.2) is 69.8 Å². The molecule has 0 saturated carbocycles. The monoisotopic (exact) mass is 804 g/mol. The van der Waals surface area contributed by atoms with Crippen molar-refractivity contribution in [2.24, 2.45) is 0 Å². The Labute approximate surface area is 349 Å². The van der Waals surface area contributed by atoms with Crippen LogP contribution in [0.1, 0.15) is 220 Å². The van der Waals surface area contributed by atoms with Crippen molar-refractivity contribution in [1.29, 1.82) is 0 Å². The van der Waals surface area contributed by atoms with Crippen LogP contribution in [0.2, 0.25) is 0 Å². The molecule has 1 aromatic carbocycles. The second kappa shape index (κ2) is 36.6. The molecule has 332 valence electrons. The average molecular weight is 804 g/mol. The summed E-state index contributed by atoms with van der Waals surface area (Å²) in [6.45, 7) is 10.1. The Morgan fingerprint density at radius 2 is 0.965 bits per heavy atom. The van der Waals surface area contributed by atoms with Crippen molar-refractivity contribution < 1.29 is 19.1 Å². The van der Waals surface area contributed by atoms with Crippen molar-refractivity contribution in [3.05, 3.63) is 20.4 Å². The van der Waals surface area contributed by atoms with E-state index in [0.717, 1.165) is 122 Å². The minimum atomic E-state index is -0.408. The summed E-state index contributed by atoms with van der Waals surface area (Å²) in [4.78, 5) is 54.5. The number of hydrogen-bond acceptors (Lipinski definition) is 9. The smallest absolute Gasteiger partial charge is 0.306 e. The minimum Gasteiger partial charge on any atom is -0.466 e. The number of likely N-dealkylation sites (N-methyl/N-ethyl adjacent to an activating group) is 1. The van der Waals surface area contributed by atoms with Gasteiger partial charge in [0.25, 0.3) is 10.9 Å². The van der Waals surface area contributed by atoms with Crippen LogP contribution in [-0.2, 0) is 19.1 Å². The Morgan fingerprint density at radius 1 is 0.526 bits per heavy atom. The summed E-state index contributed by atoms with van der Waals surface area (Å²) in [5.74, 6) is -0.122. The van der Waals surface area contributed by atoms with E-state index in [2.05, 4.69) is 35.9 Å². The third-order valence-corrected chi connectivity index (χ3v) is 11.2. The zero-order valence-corrected chi connectivity index (χ0v) is 37.9. The number of esters is 2. The Kier molecular flexibility index (Phi) is 33.8. The van der Waals surface area contributed by atoms with E-state index in [4.69, 9.17) is 9.47 Å².